The van der Waals surface area contributed by atoms with Crippen molar-refractivity contribution in [2.24, 2.45) is 0 Å². The quantitative estimate of drug-likeness (QED) is 0.819. The van der Waals surface area contributed by atoms with E-state index < -0.39 is 0 Å². The normalized spacial score (nSPS) is 19.7. The molecular formula is C9H10Br2ClNO. The third-order valence-corrected chi connectivity index (χ3v) is 3.32. The molecule has 1 aromatic rings. The van der Waals surface area contributed by atoms with E-state index in [4.69, 9.17) is 0 Å². The highest BCUT2D eigenvalue weighted by Gasteiger charge is 2.22. The van der Waals surface area contributed by atoms with Gasteiger partial charge in [-0.05, 0) is 41.0 Å². The topological polar surface area (TPSA) is 32.3 Å². The molecule has 0 unspecified atom stereocenters. The highest BCUT2D eigenvalue weighted by Crippen LogP contribution is 2.37. The Morgan fingerprint density at radius 3 is 2.50 bits per heavy atom. The molecule has 2 nitrogen and oxygen atoms in total. The molecule has 1 aliphatic heterocycles. The van der Waals surface area contributed by atoms with Gasteiger partial charge < -0.3 is 10.4 Å². The molecule has 0 aromatic heterocycles. The maximum Gasteiger partial charge on any atom is 0.134 e. The van der Waals surface area contributed by atoms with Crippen molar-refractivity contribution in [3.8, 4) is 5.75 Å². The number of phenols is 1. The van der Waals surface area contributed by atoms with Crippen molar-refractivity contribution in [1.82, 2.24) is 5.32 Å². The molecular weight excluding hydrogens is 333 g/mol. The molecule has 0 bridgehead atoms. The molecule has 2 N–H and O–H groups in total. The van der Waals surface area contributed by atoms with Crippen molar-refractivity contribution >= 4 is 44.3 Å². The SMILES string of the molecule is Cl.Oc1c(Br)cc(Br)cc1[C@@H]1CCN1. The first-order valence-electron chi connectivity index (χ1n) is 4.10. The second kappa shape index (κ2) is 4.84. The predicted octanol–water partition coefficient (Wildman–Crippen LogP) is 3.37. The van der Waals surface area contributed by atoms with Crippen LogP contribution in [0.3, 0.4) is 0 Å². The number of phenolic OH excluding ortho intramolecular Hbond substituents is 1. The molecule has 1 aromatic carbocycles. The van der Waals surface area contributed by atoms with Crippen LogP contribution in [-0.4, -0.2) is 11.7 Å². The lowest BCUT2D eigenvalue weighted by Crippen LogP contribution is -2.34. The lowest BCUT2D eigenvalue weighted by atomic mass is 9.97. The third-order valence-electron chi connectivity index (χ3n) is 2.26. The van der Waals surface area contributed by atoms with Crippen molar-refractivity contribution in [2.45, 2.75) is 12.5 Å². The molecule has 2 rings (SSSR count). The number of halogens is 3. The van der Waals surface area contributed by atoms with Crippen LogP contribution in [0, 0.1) is 0 Å². The average molecular weight is 343 g/mol. The zero-order chi connectivity index (χ0) is 9.42. The summed E-state index contributed by atoms with van der Waals surface area (Å²) in [5.74, 6) is 0.348. The van der Waals surface area contributed by atoms with Gasteiger partial charge in [0.15, 0.2) is 0 Å². The second-order valence-corrected chi connectivity index (χ2v) is 4.89. The summed E-state index contributed by atoms with van der Waals surface area (Å²) < 4.78 is 1.73. The minimum Gasteiger partial charge on any atom is -0.506 e. The van der Waals surface area contributed by atoms with Crippen LogP contribution in [0.4, 0.5) is 0 Å². The molecule has 0 radical (unpaired) electrons. The number of nitrogens with one attached hydrogen (secondary N) is 1. The summed E-state index contributed by atoms with van der Waals surface area (Å²) in [7, 11) is 0. The fourth-order valence-corrected chi connectivity index (χ4v) is 2.66. The van der Waals surface area contributed by atoms with Crippen molar-refractivity contribution < 1.29 is 5.11 Å². The van der Waals surface area contributed by atoms with E-state index in [9.17, 15) is 5.11 Å². The predicted molar refractivity (Wildman–Crippen MR) is 66.1 cm³/mol. The summed E-state index contributed by atoms with van der Waals surface area (Å²) in [6.07, 6.45) is 1.09. The largest absolute Gasteiger partial charge is 0.506 e. The lowest BCUT2D eigenvalue weighted by molar-refractivity contribution is 0.363. The zero-order valence-electron chi connectivity index (χ0n) is 7.26. The number of hydrogen-bond acceptors (Lipinski definition) is 2. The van der Waals surface area contributed by atoms with Crippen molar-refractivity contribution in [1.29, 1.82) is 0 Å². The van der Waals surface area contributed by atoms with E-state index in [-0.39, 0.29) is 12.4 Å². The summed E-state index contributed by atoms with van der Waals surface area (Å²) in [4.78, 5) is 0. The Balaban J connectivity index is 0.000000980. The number of rotatable bonds is 1. The molecule has 1 atom stereocenters. The first kappa shape index (κ1) is 12.3. The Morgan fingerprint density at radius 2 is 2.00 bits per heavy atom. The van der Waals surface area contributed by atoms with E-state index >= 15 is 0 Å². The molecule has 14 heavy (non-hydrogen) atoms. The molecule has 0 spiro atoms. The van der Waals surface area contributed by atoms with Gasteiger partial charge in [0.2, 0.25) is 0 Å². The highest BCUT2D eigenvalue weighted by atomic mass is 79.9. The van der Waals surface area contributed by atoms with Crippen LogP contribution in [-0.2, 0) is 0 Å². The molecule has 1 aliphatic rings. The summed E-state index contributed by atoms with van der Waals surface area (Å²) in [5.41, 5.74) is 0.965. The Kier molecular flexibility index (Phi) is 4.25. The maximum atomic E-state index is 9.75. The molecule has 0 amide bonds. The minimum absolute atomic E-state index is 0. The van der Waals surface area contributed by atoms with Crippen LogP contribution in [0.25, 0.3) is 0 Å². The van der Waals surface area contributed by atoms with E-state index in [1.807, 2.05) is 12.1 Å². The maximum absolute atomic E-state index is 9.75. The summed E-state index contributed by atoms with van der Waals surface area (Å²) in [6.45, 7) is 1.04. The van der Waals surface area contributed by atoms with Crippen molar-refractivity contribution in [3.63, 3.8) is 0 Å². The van der Waals surface area contributed by atoms with Gasteiger partial charge in [-0.15, -0.1) is 12.4 Å². The standard InChI is InChI=1S/C9H9Br2NO.ClH/c10-5-3-6(8-1-2-12-8)9(13)7(11)4-5;/h3-4,8,12-13H,1-2H2;1H/t8-;/m0./s1. The van der Waals surface area contributed by atoms with Gasteiger partial charge in [0, 0.05) is 16.1 Å². The van der Waals surface area contributed by atoms with Gasteiger partial charge in [-0.2, -0.15) is 0 Å². The van der Waals surface area contributed by atoms with Crippen LogP contribution in [0.2, 0.25) is 0 Å². The van der Waals surface area contributed by atoms with Gasteiger partial charge >= 0.3 is 0 Å². The minimum atomic E-state index is 0. The third kappa shape index (κ3) is 2.24. The smallest absolute Gasteiger partial charge is 0.134 e. The zero-order valence-corrected chi connectivity index (χ0v) is 11.2. The number of benzene rings is 1. The average Bonchev–Trinajstić information content (AvgIpc) is 1.95. The second-order valence-electron chi connectivity index (χ2n) is 3.12. The van der Waals surface area contributed by atoms with Crippen molar-refractivity contribution in [3.05, 3.63) is 26.6 Å². The van der Waals surface area contributed by atoms with Gasteiger partial charge in [-0.3, -0.25) is 0 Å². The van der Waals surface area contributed by atoms with Gasteiger partial charge in [-0.25, -0.2) is 0 Å². The van der Waals surface area contributed by atoms with Crippen LogP contribution >= 0.6 is 44.3 Å². The van der Waals surface area contributed by atoms with Gasteiger partial charge in [0.1, 0.15) is 5.75 Å². The Hall–Kier alpha value is 0.230. The summed E-state index contributed by atoms with van der Waals surface area (Å²) in [6, 6.07) is 4.11. The first-order valence-corrected chi connectivity index (χ1v) is 5.68. The van der Waals surface area contributed by atoms with E-state index in [1.54, 1.807) is 0 Å². The van der Waals surface area contributed by atoms with E-state index in [1.165, 1.54) is 0 Å². The molecule has 0 aliphatic carbocycles. The monoisotopic (exact) mass is 341 g/mol. The molecule has 1 saturated heterocycles. The van der Waals surface area contributed by atoms with Gasteiger partial charge in [-0.1, -0.05) is 15.9 Å². The Morgan fingerprint density at radius 1 is 1.36 bits per heavy atom. The summed E-state index contributed by atoms with van der Waals surface area (Å²) in [5, 5.41) is 13.0. The first-order chi connectivity index (χ1) is 6.18. The molecule has 5 heteroatoms. The van der Waals surface area contributed by atoms with Crippen LogP contribution in [0.1, 0.15) is 18.0 Å². The van der Waals surface area contributed by atoms with Crippen LogP contribution < -0.4 is 5.32 Å². The summed E-state index contributed by atoms with van der Waals surface area (Å²) >= 11 is 6.71. The van der Waals surface area contributed by atoms with Crippen LogP contribution in [0.5, 0.6) is 5.75 Å². The van der Waals surface area contributed by atoms with E-state index in [2.05, 4.69) is 37.2 Å². The fraction of sp³-hybridized carbons (Fsp3) is 0.333. The fourth-order valence-electron chi connectivity index (χ4n) is 1.41. The van der Waals surface area contributed by atoms with Crippen LogP contribution in [0.15, 0.2) is 21.1 Å². The molecule has 78 valence electrons. The number of hydrogen-bond donors (Lipinski definition) is 2. The van der Waals surface area contributed by atoms with E-state index in [0.29, 0.717) is 11.8 Å². The van der Waals surface area contributed by atoms with Gasteiger partial charge in [0.25, 0.3) is 0 Å². The Bertz CT molecular complexity index is 342. The van der Waals surface area contributed by atoms with E-state index in [0.717, 1.165) is 27.5 Å². The van der Waals surface area contributed by atoms with Gasteiger partial charge in [0.05, 0.1) is 4.47 Å². The van der Waals surface area contributed by atoms with Crippen molar-refractivity contribution in [2.75, 3.05) is 6.54 Å². The molecule has 1 fully saturated rings. The molecule has 0 saturated carbocycles. The lowest BCUT2D eigenvalue weighted by Gasteiger charge is -2.29. The highest BCUT2D eigenvalue weighted by molar-refractivity contribution is 9.11. The number of aromatic hydroxyl groups is 1. The Labute approximate surface area is 106 Å². The molecule has 1 heterocycles.